The summed E-state index contributed by atoms with van der Waals surface area (Å²) in [6.07, 6.45) is 4.48. The largest absolute Gasteiger partial charge is 0.341 e. The number of aromatic nitrogens is 5. The van der Waals surface area contributed by atoms with Crippen molar-refractivity contribution in [3.8, 4) is 5.69 Å². The summed E-state index contributed by atoms with van der Waals surface area (Å²) in [6.45, 7) is 3.34. The Morgan fingerprint density at radius 1 is 1.00 bits per heavy atom. The summed E-state index contributed by atoms with van der Waals surface area (Å²) in [7, 11) is 1.81. The predicted molar refractivity (Wildman–Crippen MR) is 126 cm³/mol. The third-order valence-corrected chi connectivity index (χ3v) is 6.09. The Labute approximate surface area is 192 Å². The standard InChI is InChI=1S/C24H26N6OS/c1-3-29-22(14-19-10-6-4-7-11-19)26-27-24(29)32-18-23(31)28(2)16-20-15-25-30(17-20)21-12-8-5-9-13-21/h4-13,15,17H,3,14,16,18H2,1-2H3. The van der Waals surface area contributed by atoms with Crippen LogP contribution in [0.2, 0.25) is 0 Å². The molecule has 0 bridgehead atoms. The van der Waals surface area contributed by atoms with Crippen molar-refractivity contribution in [2.75, 3.05) is 12.8 Å². The molecule has 0 saturated carbocycles. The average molecular weight is 447 g/mol. The van der Waals surface area contributed by atoms with Gasteiger partial charge in [0.25, 0.3) is 0 Å². The van der Waals surface area contributed by atoms with Crippen LogP contribution in [0.25, 0.3) is 5.69 Å². The number of carbonyl (C=O) groups excluding carboxylic acids is 1. The second kappa shape index (κ2) is 10.3. The third kappa shape index (κ3) is 5.26. The number of rotatable bonds is 9. The molecule has 7 nitrogen and oxygen atoms in total. The summed E-state index contributed by atoms with van der Waals surface area (Å²) in [5.74, 6) is 1.26. The number of benzene rings is 2. The topological polar surface area (TPSA) is 68.8 Å². The molecule has 0 fully saturated rings. The van der Waals surface area contributed by atoms with Crippen molar-refractivity contribution in [1.29, 1.82) is 0 Å². The van der Waals surface area contributed by atoms with Crippen molar-refractivity contribution in [3.63, 3.8) is 0 Å². The highest BCUT2D eigenvalue weighted by Gasteiger charge is 2.16. The van der Waals surface area contributed by atoms with Gasteiger partial charge >= 0.3 is 0 Å². The summed E-state index contributed by atoms with van der Waals surface area (Å²) in [5.41, 5.74) is 3.17. The normalized spacial score (nSPS) is 10.9. The highest BCUT2D eigenvalue weighted by Crippen LogP contribution is 2.20. The Balaban J connectivity index is 1.34. The van der Waals surface area contributed by atoms with Gasteiger partial charge < -0.3 is 9.47 Å². The maximum Gasteiger partial charge on any atom is 0.233 e. The minimum absolute atomic E-state index is 0.0396. The molecule has 0 aliphatic carbocycles. The van der Waals surface area contributed by atoms with E-state index in [1.807, 2.05) is 66.5 Å². The van der Waals surface area contributed by atoms with Gasteiger partial charge in [0.05, 0.1) is 17.6 Å². The first-order chi connectivity index (χ1) is 15.6. The quantitative estimate of drug-likeness (QED) is 0.366. The Morgan fingerprint density at radius 2 is 1.72 bits per heavy atom. The van der Waals surface area contributed by atoms with Crippen LogP contribution in [0.5, 0.6) is 0 Å². The van der Waals surface area contributed by atoms with Gasteiger partial charge in [0.15, 0.2) is 5.16 Å². The number of para-hydroxylation sites is 1. The number of hydrogen-bond donors (Lipinski definition) is 0. The van der Waals surface area contributed by atoms with Crippen molar-refractivity contribution in [3.05, 3.63) is 90.0 Å². The van der Waals surface area contributed by atoms with E-state index < -0.39 is 0 Å². The molecule has 0 spiro atoms. The fourth-order valence-electron chi connectivity index (χ4n) is 3.41. The van der Waals surface area contributed by atoms with E-state index in [-0.39, 0.29) is 5.91 Å². The SMILES string of the molecule is CCn1c(Cc2ccccc2)nnc1SCC(=O)N(C)Cc1cnn(-c2ccccc2)c1. The summed E-state index contributed by atoms with van der Waals surface area (Å²) in [5, 5.41) is 13.9. The lowest BCUT2D eigenvalue weighted by Crippen LogP contribution is -2.27. The van der Waals surface area contributed by atoms with E-state index in [0.717, 1.165) is 35.2 Å². The first-order valence-electron chi connectivity index (χ1n) is 10.6. The van der Waals surface area contributed by atoms with Crippen molar-refractivity contribution < 1.29 is 4.79 Å². The fraction of sp³-hybridized carbons (Fsp3) is 0.250. The molecule has 32 heavy (non-hydrogen) atoms. The molecular formula is C24H26N6OS. The first kappa shape index (κ1) is 21.8. The minimum Gasteiger partial charge on any atom is -0.341 e. The van der Waals surface area contributed by atoms with E-state index in [9.17, 15) is 4.79 Å². The van der Waals surface area contributed by atoms with Gasteiger partial charge in [0, 0.05) is 38.3 Å². The highest BCUT2D eigenvalue weighted by molar-refractivity contribution is 7.99. The minimum atomic E-state index is 0.0396. The van der Waals surface area contributed by atoms with E-state index in [1.54, 1.807) is 11.1 Å². The lowest BCUT2D eigenvalue weighted by molar-refractivity contribution is -0.127. The number of carbonyl (C=O) groups is 1. The summed E-state index contributed by atoms with van der Waals surface area (Å²) >= 11 is 1.43. The Hall–Kier alpha value is -3.39. The lowest BCUT2D eigenvalue weighted by atomic mass is 10.1. The van der Waals surface area contributed by atoms with Crippen LogP contribution < -0.4 is 0 Å². The van der Waals surface area contributed by atoms with Crippen LogP contribution in [-0.4, -0.2) is 48.2 Å². The highest BCUT2D eigenvalue weighted by atomic mass is 32.2. The number of nitrogens with zero attached hydrogens (tertiary/aromatic N) is 6. The Kier molecular flexibility index (Phi) is 7.01. The molecule has 2 aromatic carbocycles. The van der Waals surface area contributed by atoms with Crippen LogP contribution in [0.4, 0.5) is 0 Å². The zero-order chi connectivity index (χ0) is 22.3. The van der Waals surface area contributed by atoms with Crippen molar-refractivity contribution in [2.45, 2.75) is 31.6 Å². The molecule has 4 rings (SSSR count). The molecule has 0 aliphatic heterocycles. The van der Waals surface area contributed by atoms with Crippen molar-refractivity contribution in [2.24, 2.45) is 0 Å². The van der Waals surface area contributed by atoms with Gasteiger partial charge in [-0.1, -0.05) is 60.3 Å². The molecule has 0 unspecified atom stereocenters. The van der Waals surface area contributed by atoms with Gasteiger partial charge in [-0.15, -0.1) is 10.2 Å². The number of hydrogen-bond acceptors (Lipinski definition) is 5. The molecule has 0 atom stereocenters. The molecule has 2 aromatic heterocycles. The van der Waals surface area contributed by atoms with Gasteiger partial charge in [-0.2, -0.15) is 5.10 Å². The molecule has 164 valence electrons. The summed E-state index contributed by atoms with van der Waals surface area (Å²) in [4.78, 5) is 14.4. The lowest BCUT2D eigenvalue weighted by Gasteiger charge is -2.16. The third-order valence-electron chi connectivity index (χ3n) is 5.14. The maximum atomic E-state index is 12.7. The van der Waals surface area contributed by atoms with Crippen LogP contribution in [0, 0.1) is 0 Å². The molecule has 1 amide bonds. The zero-order valence-corrected chi connectivity index (χ0v) is 19.1. The maximum absolute atomic E-state index is 12.7. The molecule has 0 radical (unpaired) electrons. The summed E-state index contributed by atoms with van der Waals surface area (Å²) < 4.78 is 3.90. The van der Waals surface area contributed by atoms with Crippen LogP contribution in [-0.2, 0) is 24.3 Å². The van der Waals surface area contributed by atoms with Gasteiger partial charge in [-0.05, 0) is 24.6 Å². The zero-order valence-electron chi connectivity index (χ0n) is 18.3. The Bertz CT molecular complexity index is 1160. The van der Waals surface area contributed by atoms with Crippen LogP contribution >= 0.6 is 11.8 Å². The van der Waals surface area contributed by atoms with E-state index in [0.29, 0.717) is 12.3 Å². The van der Waals surface area contributed by atoms with Crippen molar-refractivity contribution >= 4 is 17.7 Å². The van der Waals surface area contributed by atoms with Crippen LogP contribution in [0.3, 0.4) is 0 Å². The molecule has 8 heteroatoms. The molecule has 0 aliphatic rings. The van der Waals surface area contributed by atoms with Gasteiger partial charge in [0.1, 0.15) is 5.82 Å². The number of amides is 1. The van der Waals surface area contributed by atoms with Crippen molar-refractivity contribution in [1.82, 2.24) is 29.4 Å². The first-order valence-corrected chi connectivity index (χ1v) is 11.5. The Morgan fingerprint density at radius 3 is 2.44 bits per heavy atom. The smallest absolute Gasteiger partial charge is 0.233 e. The van der Waals surface area contributed by atoms with E-state index in [4.69, 9.17) is 0 Å². The second-order valence-corrected chi connectivity index (χ2v) is 8.42. The monoisotopic (exact) mass is 446 g/mol. The van der Waals surface area contributed by atoms with Gasteiger partial charge in [0.2, 0.25) is 5.91 Å². The molecule has 0 saturated heterocycles. The van der Waals surface area contributed by atoms with Crippen LogP contribution in [0.15, 0.2) is 78.2 Å². The fourth-order valence-corrected chi connectivity index (χ4v) is 4.38. The predicted octanol–water partition coefficient (Wildman–Crippen LogP) is 3.83. The summed E-state index contributed by atoms with van der Waals surface area (Å²) in [6, 6.07) is 20.1. The van der Waals surface area contributed by atoms with E-state index in [2.05, 4.69) is 38.9 Å². The molecule has 0 N–H and O–H groups in total. The molecule has 4 aromatic rings. The van der Waals surface area contributed by atoms with Gasteiger partial charge in [-0.3, -0.25) is 4.79 Å². The average Bonchev–Trinajstić information content (AvgIpc) is 3.45. The number of thioether (sulfide) groups is 1. The van der Waals surface area contributed by atoms with E-state index in [1.165, 1.54) is 17.3 Å². The van der Waals surface area contributed by atoms with E-state index >= 15 is 0 Å². The second-order valence-electron chi connectivity index (χ2n) is 7.47. The molecular weight excluding hydrogens is 420 g/mol. The van der Waals surface area contributed by atoms with Crippen LogP contribution in [0.1, 0.15) is 23.9 Å². The van der Waals surface area contributed by atoms with Gasteiger partial charge in [-0.25, -0.2) is 4.68 Å². The molecule has 2 heterocycles.